The summed E-state index contributed by atoms with van der Waals surface area (Å²) in [7, 11) is 0. The fourth-order valence-electron chi connectivity index (χ4n) is 1.91. The molecule has 0 radical (unpaired) electrons. The molecule has 0 unspecified atom stereocenters. The Balaban J connectivity index is 2.41. The summed E-state index contributed by atoms with van der Waals surface area (Å²) in [6, 6.07) is 8.57. The predicted molar refractivity (Wildman–Crippen MR) is 83.1 cm³/mol. The number of benzene rings is 1. The summed E-state index contributed by atoms with van der Waals surface area (Å²) in [5, 5.41) is 6.27. The van der Waals surface area contributed by atoms with E-state index < -0.39 is 0 Å². The zero-order valence-corrected chi connectivity index (χ0v) is 13.5. The number of hydrogen-bond donors (Lipinski definition) is 2. The Labute approximate surface area is 124 Å². The lowest BCUT2D eigenvalue weighted by molar-refractivity contribution is -0.121. The number of rotatable bonds is 7. The summed E-state index contributed by atoms with van der Waals surface area (Å²) in [6.07, 6.45) is 1.95. The average Bonchev–Trinajstić information content (AvgIpc) is 2.42. The first-order valence-corrected chi connectivity index (χ1v) is 7.64. The van der Waals surface area contributed by atoms with Crippen LogP contribution in [0.15, 0.2) is 28.7 Å². The first kappa shape index (κ1) is 16.2. The van der Waals surface area contributed by atoms with Crippen molar-refractivity contribution in [1.29, 1.82) is 0 Å². The lowest BCUT2D eigenvalue weighted by atomic mass is 10.1. The summed E-state index contributed by atoms with van der Waals surface area (Å²) in [5.74, 6) is 0.0653. The van der Waals surface area contributed by atoms with Crippen molar-refractivity contribution in [2.75, 3.05) is 6.54 Å². The van der Waals surface area contributed by atoms with Crippen LogP contribution in [0.2, 0.25) is 0 Å². The van der Waals surface area contributed by atoms with Crippen LogP contribution in [0, 0.1) is 0 Å². The maximum absolute atomic E-state index is 11.8. The maximum Gasteiger partial charge on any atom is 0.234 e. The van der Waals surface area contributed by atoms with Crippen molar-refractivity contribution in [3.63, 3.8) is 0 Å². The van der Waals surface area contributed by atoms with Crippen LogP contribution in [0.1, 0.15) is 45.2 Å². The minimum absolute atomic E-state index is 0.0653. The van der Waals surface area contributed by atoms with E-state index in [2.05, 4.69) is 59.5 Å². The van der Waals surface area contributed by atoms with Gasteiger partial charge in [-0.25, -0.2) is 0 Å². The van der Waals surface area contributed by atoms with Crippen LogP contribution in [0.25, 0.3) is 0 Å². The highest BCUT2D eigenvalue weighted by atomic mass is 79.9. The minimum atomic E-state index is 0.0653. The molecule has 2 N–H and O–H groups in total. The molecule has 0 saturated carbocycles. The molecule has 0 spiro atoms. The van der Waals surface area contributed by atoms with E-state index >= 15 is 0 Å². The number of amides is 1. The molecule has 1 atom stereocenters. The quantitative estimate of drug-likeness (QED) is 0.806. The fourth-order valence-corrected chi connectivity index (χ4v) is 2.33. The topological polar surface area (TPSA) is 41.1 Å². The van der Waals surface area contributed by atoms with Gasteiger partial charge in [0.25, 0.3) is 0 Å². The van der Waals surface area contributed by atoms with Gasteiger partial charge in [-0.05, 0) is 37.5 Å². The maximum atomic E-state index is 11.8. The second kappa shape index (κ2) is 8.33. The van der Waals surface area contributed by atoms with Gasteiger partial charge >= 0.3 is 0 Å². The highest BCUT2D eigenvalue weighted by molar-refractivity contribution is 9.10. The molecular formula is C15H23BrN2O. The van der Waals surface area contributed by atoms with E-state index in [1.54, 1.807) is 0 Å². The van der Waals surface area contributed by atoms with Gasteiger partial charge in [0, 0.05) is 16.6 Å². The van der Waals surface area contributed by atoms with Crippen LogP contribution in [0.4, 0.5) is 0 Å². The molecule has 1 aromatic rings. The second-order valence-corrected chi connectivity index (χ2v) is 5.65. The van der Waals surface area contributed by atoms with Crippen molar-refractivity contribution in [3.05, 3.63) is 34.3 Å². The van der Waals surface area contributed by atoms with Crippen LogP contribution in [-0.4, -0.2) is 18.5 Å². The van der Waals surface area contributed by atoms with Gasteiger partial charge in [0.15, 0.2) is 0 Å². The number of halogens is 1. The van der Waals surface area contributed by atoms with Gasteiger partial charge < -0.3 is 10.6 Å². The molecule has 0 saturated heterocycles. The number of carbonyl (C=O) groups is 1. The van der Waals surface area contributed by atoms with Crippen LogP contribution in [0.5, 0.6) is 0 Å². The van der Waals surface area contributed by atoms with Crippen molar-refractivity contribution in [2.45, 2.75) is 45.7 Å². The summed E-state index contributed by atoms with van der Waals surface area (Å²) in [6.45, 7) is 6.59. The Morgan fingerprint density at radius 3 is 2.58 bits per heavy atom. The van der Waals surface area contributed by atoms with Gasteiger partial charge in [-0.3, -0.25) is 4.79 Å². The lowest BCUT2D eigenvalue weighted by Gasteiger charge is -2.17. The van der Waals surface area contributed by atoms with E-state index in [0.717, 1.165) is 17.3 Å². The van der Waals surface area contributed by atoms with Gasteiger partial charge in [-0.1, -0.05) is 41.9 Å². The van der Waals surface area contributed by atoms with E-state index in [1.807, 2.05) is 12.1 Å². The monoisotopic (exact) mass is 326 g/mol. The first-order chi connectivity index (χ1) is 9.06. The third-order valence-electron chi connectivity index (χ3n) is 3.27. The van der Waals surface area contributed by atoms with E-state index in [-0.39, 0.29) is 18.0 Å². The molecule has 106 valence electrons. The molecule has 0 bridgehead atoms. The normalized spacial score (nSPS) is 12.5. The Hall–Kier alpha value is -0.870. The lowest BCUT2D eigenvalue weighted by Crippen LogP contribution is -2.40. The SMILES string of the molecule is CCC(CC)NC(=O)CN[C@H](C)c1cccc(Br)c1. The zero-order valence-electron chi connectivity index (χ0n) is 11.9. The third-order valence-corrected chi connectivity index (χ3v) is 3.76. The number of hydrogen-bond acceptors (Lipinski definition) is 2. The Morgan fingerprint density at radius 2 is 2.00 bits per heavy atom. The standard InChI is InChI=1S/C15H23BrN2O/c1-4-14(5-2)18-15(19)10-17-11(3)12-7-6-8-13(16)9-12/h6-9,11,14,17H,4-5,10H2,1-3H3,(H,18,19)/t11-/m1/s1. The van der Waals surface area contributed by atoms with E-state index in [1.165, 1.54) is 5.56 Å². The Bertz CT molecular complexity index is 405. The first-order valence-electron chi connectivity index (χ1n) is 6.85. The van der Waals surface area contributed by atoms with Gasteiger partial charge in [-0.2, -0.15) is 0 Å². The van der Waals surface area contributed by atoms with Crippen molar-refractivity contribution in [2.24, 2.45) is 0 Å². The van der Waals surface area contributed by atoms with Crippen molar-refractivity contribution in [3.8, 4) is 0 Å². The molecule has 1 aromatic carbocycles. The van der Waals surface area contributed by atoms with Crippen molar-refractivity contribution in [1.82, 2.24) is 10.6 Å². The average molecular weight is 327 g/mol. The molecule has 0 aliphatic heterocycles. The van der Waals surface area contributed by atoms with E-state index in [9.17, 15) is 4.79 Å². The molecule has 0 heterocycles. The van der Waals surface area contributed by atoms with Gasteiger partial charge in [0.05, 0.1) is 6.54 Å². The molecule has 1 amide bonds. The highest BCUT2D eigenvalue weighted by Crippen LogP contribution is 2.17. The largest absolute Gasteiger partial charge is 0.352 e. The van der Waals surface area contributed by atoms with Crippen LogP contribution in [-0.2, 0) is 4.79 Å². The summed E-state index contributed by atoms with van der Waals surface area (Å²) in [4.78, 5) is 11.8. The molecule has 19 heavy (non-hydrogen) atoms. The van der Waals surface area contributed by atoms with Gasteiger partial charge in [0.1, 0.15) is 0 Å². The minimum Gasteiger partial charge on any atom is -0.352 e. The third kappa shape index (κ3) is 5.74. The number of carbonyl (C=O) groups excluding carboxylic acids is 1. The van der Waals surface area contributed by atoms with Crippen LogP contribution < -0.4 is 10.6 Å². The van der Waals surface area contributed by atoms with Crippen LogP contribution >= 0.6 is 15.9 Å². The van der Waals surface area contributed by atoms with E-state index in [4.69, 9.17) is 0 Å². The highest BCUT2D eigenvalue weighted by Gasteiger charge is 2.10. The molecular weight excluding hydrogens is 304 g/mol. The van der Waals surface area contributed by atoms with Gasteiger partial charge in [-0.15, -0.1) is 0 Å². The summed E-state index contributed by atoms with van der Waals surface area (Å²) < 4.78 is 1.06. The van der Waals surface area contributed by atoms with Gasteiger partial charge in [0.2, 0.25) is 5.91 Å². The fraction of sp³-hybridized carbons (Fsp3) is 0.533. The Morgan fingerprint density at radius 1 is 1.32 bits per heavy atom. The summed E-state index contributed by atoms with van der Waals surface area (Å²) >= 11 is 3.45. The second-order valence-electron chi connectivity index (χ2n) is 4.74. The molecule has 0 fully saturated rings. The smallest absolute Gasteiger partial charge is 0.234 e. The van der Waals surface area contributed by atoms with Crippen molar-refractivity contribution < 1.29 is 4.79 Å². The molecule has 0 aromatic heterocycles. The molecule has 0 aliphatic carbocycles. The number of nitrogens with one attached hydrogen (secondary N) is 2. The van der Waals surface area contributed by atoms with E-state index in [0.29, 0.717) is 6.54 Å². The zero-order chi connectivity index (χ0) is 14.3. The Kier molecular flexibility index (Phi) is 7.10. The molecule has 4 heteroatoms. The van der Waals surface area contributed by atoms with Crippen LogP contribution in [0.3, 0.4) is 0 Å². The molecule has 0 aliphatic rings. The molecule has 3 nitrogen and oxygen atoms in total. The van der Waals surface area contributed by atoms with Crippen molar-refractivity contribution >= 4 is 21.8 Å². The summed E-state index contributed by atoms with van der Waals surface area (Å²) in [5.41, 5.74) is 1.17. The molecule has 1 rings (SSSR count). The predicted octanol–water partition coefficient (Wildman–Crippen LogP) is 3.40.